The van der Waals surface area contributed by atoms with E-state index in [9.17, 15) is 27.6 Å². The van der Waals surface area contributed by atoms with E-state index >= 15 is 0 Å². The summed E-state index contributed by atoms with van der Waals surface area (Å²) in [5.41, 5.74) is -0.385. The molecule has 3 aliphatic carbocycles. The third-order valence-corrected chi connectivity index (χ3v) is 16.4. The van der Waals surface area contributed by atoms with Gasteiger partial charge in [0.1, 0.15) is 18.0 Å². The number of carbonyl (C=O) groups is 4. The van der Waals surface area contributed by atoms with Gasteiger partial charge in [-0.15, -0.1) is 6.58 Å². The van der Waals surface area contributed by atoms with Gasteiger partial charge in [-0.2, -0.15) is 0 Å². The molecule has 2 amide bonds. The van der Waals surface area contributed by atoms with E-state index in [1.54, 1.807) is 13.0 Å². The lowest BCUT2D eigenvalue weighted by molar-refractivity contribution is -0.154. The zero-order valence-electron chi connectivity index (χ0n) is 35.9. The predicted molar refractivity (Wildman–Crippen MR) is 226 cm³/mol. The molecule has 2 saturated heterocycles. The van der Waals surface area contributed by atoms with Crippen LogP contribution in [-0.2, 0) is 40.4 Å². The van der Waals surface area contributed by atoms with Crippen LogP contribution in [0.3, 0.4) is 0 Å². The van der Waals surface area contributed by atoms with Gasteiger partial charge >= 0.3 is 5.97 Å². The van der Waals surface area contributed by atoms with Gasteiger partial charge in [0.05, 0.1) is 52.8 Å². The highest BCUT2D eigenvalue weighted by molar-refractivity contribution is 7.91. The fourth-order valence-corrected chi connectivity index (χ4v) is 11.0. The summed E-state index contributed by atoms with van der Waals surface area (Å²) in [6, 6.07) is 6.87. The molecular formula is C46H62N4O9S. The Morgan fingerprint density at radius 2 is 1.82 bits per heavy atom. The highest BCUT2D eigenvalue weighted by atomic mass is 32.2. The first kappa shape index (κ1) is 42.6. The first-order valence-corrected chi connectivity index (χ1v) is 23.5. The molecular weight excluding hydrogens is 785 g/mol. The van der Waals surface area contributed by atoms with Gasteiger partial charge in [0.2, 0.25) is 27.7 Å². The van der Waals surface area contributed by atoms with Crippen LogP contribution in [0.25, 0.3) is 10.9 Å². The second-order valence-electron chi connectivity index (χ2n) is 20.1. The van der Waals surface area contributed by atoms with Gasteiger partial charge in [-0.05, 0) is 88.3 Å². The molecule has 0 unspecified atom stereocenters. The molecule has 1 N–H and O–H groups in total. The zero-order valence-corrected chi connectivity index (χ0v) is 36.7. The van der Waals surface area contributed by atoms with E-state index < -0.39 is 61.5 Å². The normalized spacial score (nSPS) is 31.0. The van der Waals surface area contributed by atoms with Crippen molar-refractivity contribution < 1.29 is 41.8 Å². The van der Waals surface area contributed by atoms with Crippen LogP contribution < -0.4 is 14.2 Å². The van der Waals surface area contributed by atoms with Gasteiger partial charge in [0, 0.05) is 37.2 Å². The number of ketones is 1. The van der Waals surface area contributed by atoms with Crippen LogP contribution in [0.5, 0.6) is 11.6 Å². The monoisotopic (exact) mass is 846 g/mol. The quantitative estimate of drug-likeness (QED) is 0.228. The molecule has 1 aromatic heterocycles. The zero-order chi connectivity index (χ0) is 42.8. The molecule has 13 nitrogen and oxygen atoms in total. The molecule has 3 saturated carbocycles. The second kappa shape index (κ2) is 16.0. The fraction of sp³-hybridized carbons (Fsp3) is 0.674. The number of aromatic nitrogens is 1. The summed E-state index contributed by atoms with van der Waals surface area (Å²) < 4.78 is 47.2. The average molecular weight is 847 g/mol. The number of likely N-dealkylation sites (tertiary alicyclic amines) is 1. The number of hydrogen-bond donors (Lipinski definition) is 1. The van der Waals surface area contributed by atoms with Crippen LogP contribution in [0, 0.1) is 34.5 Å². The number of carbonyl (C=O) groups excluding carboxylic acids is 4. The molecule has 6 aliphatic rings. The number of rotatable bonds is 10. The minimum absolute atomic E-state index is 0.0525. The smallest absolute Gasteiger partial charge is 0.306 e. The summed E-state index contributed by atoms with van der Waals surface area (Å²) in [7, 11) is -1.86. The van der Waals surface area contributed by atoms with Crippen LogP contribution in [0.15, 0.2) is 36.9 Å². The lowest BCUT2D eigenvalue weighted by Crippen LogP contribution is -2.49. The molecule has 60 heavy (non-hydrogen) atoms. The van der Waals surface area contributed by atoms with Crippen molar-refractivity contribution in [1.82, 2.24) is 19.5 Å². The van der Waals surface area contributed by atoms with E-state index in [0.717, 1.165) is 67.4 Å². The van der Waals surface area contributed by atoms with Crippen molar-refractivity contribution in [2.75, 3.05) is 33.3 Å². The maximum absolute atomic E-state index is 14.9. The topological polar surface area (TPSA) is 162 Å². The van der Waals surface area contributed by atoms with E-state index in [2.05, 4.69) is 23.2 Å². The number of benzene rings is 1. The lowest BCUT2D eigenvalue weighted by Gasteiger charge is -2.36. The summed E-state index contributed by atoms with van der Waals surface area (Å²) in [5, 5.41) is 0.907. The third-order valence-electron chi connectivity index (χ3n) is 14.2. The van der Waals surface area contributed by atoms with Crippen molar-refractivity contribution in [1.29, 1.82) is 0 Å². The van der Waals surface area contributed by atoms with Crippen molar-refractivity contribution in [2.45, 2.75) is 128 Å². The second-order valence-corrected chi connectivity index (χ2v) is 22.3. The Balaban J connectivity index is 1.13. The van der Waals surface area contributed by atoms with Gasteiger partial charge in [-0.25, -0.2) is 13.4 Å². The number of nitrogens with zero attached hydrogens (tertiary/aromatic N) is 3. The van der Waals surface area contributed by atoms with Crippen molar-refractivity contribution in [3.8, 4) is 11.6 Å². The summed E-state index contributed by atoms with van der Waals surface area (Å²) in [6.45, 7) is 13.7. The SMILES string of the molecule is C=C[C@@H]1C[C@]1(CC(=O)[C@@H]1C[C@@H]2CN1C(=O)[C@H](C(C)(C)C)CC(=O)O[C@@H]1C[C@H]1CCCCCc1c(nc3ccccc3c1OCC1CN(C)C1)O2)C(=O)NS(=O)(=O)C1(C)CC1. The lowest BCUT2D eigenvalue weighted by atomic mass is 9.77. The van der Waals surface area contributed by atoms with Gasteiger partial charge in [0.25, 0.3) is 0 Å². The molecule has 14 heteroatoms. The number of pyridine rings is 1. The minimum atomic E-state index is -3.96. The highest BCUT2D eigenvalue weighted by Crippen LogP contribution is 2.57. The van der Waals surface area contributed by atoms with Crippen molar-refractivity contribution in [3.05, 3.63) is 42.5 Å². The third kappa shape index (κ3) is 8.56. The molecule has 326 valence electrons. The predicted octanol–water partition coefficient (Wildman–Crippen LogP) is 5.77. The van der Waals surface area contributed by atoms with Crippen LogP contribution in [0.1, 0.15) is 104 Å². The Labute approximate surface area is 354 Å². The number of amides is 2. The number of para-hydroxylation sites is 1. The molecule has 1 aromatic carbocycles. The minimum Gasteiger partial charge on any atom is -0.492 e. The molecule has 4 heterocycles. The number of hydrogen-bond acceptors (Lipinski definition) is 11. The molecule has 8 rings (SSSR count). The molecule has 7 atom stereocenters. The molecule has 5 fully saturated rings. The van der Waals surface area contributed by atoms with Gasteiger partial charge < -0.3 is 24.0 Å². The number of Topliss-reactive ketones (excluding diaryl/α,β-unsaturated/α-hetero) is 1. The number of esters is 1. The standard InChI is InChI=1S/C46H62N4O9S/c1-7-30-22-46(30,43(54)48-60(55,56)45(5)17-18-45)23-37(51)36-20-31-26-50(36)42(53)34(44(2,3)4)21-39(52)59-38-19-29(38)13-9-8-10-15-33-40(57-27-28-24-49(6)25-28)32-14-11-12-16-35(32)47-41(33)58-31/h7,11-12,14,16,28-31,34,36,38H,1,8-10,13,15,17-27H2,2-6H3,(H,48,54)/t29-,30-,31-,34-,36+,38-,46-/m1/s1. The van der Waals surface area contributed by atoms with Crippen LogP contribution in [0.4, 0.5) is 0 Å². The van der Waals surface area contributed by atoms with Crippen LogP contribution >= 0.6 is 0 Å². The van der Waals surface area contributed by atoms with Crippen molar-refractivity contribution in [2.24, 2.45) is 34.5 Å². The molecule has 2 aromatic rings. The average Bonchev–Trinajstić information content (AvgIpc) is 4.14. The summed E-state index contributed by atoms with van der Waals surface area (Å²) in [4.78, 5) is 65.8. The largest absolute Gasteiger partial charge is 0.492 e. The van der Waals surface area contributed by atoms with E-state index in [4.69, 9.17) is 19.2 Å². The summed E-state index contributed by atoms with van der Waals surface area (Å²) in [5.74, 6) is -1.20. The van der Waals surface area contributed by atoms with Gasteiger partial charge in [-0.3, -0.25) is 23.9 Å². The molecule has 3 aliphatic heterocycles. The number of ether oxygens (including phenoxy) is 3. The number of nitrogens with one attached hydrogen (secondary N) is 1. The first-order chi connectivity index (χ1) is 28.4. The Morgan fingerprint density at radius 1 is 1.07 bits per heavy atom. The van der Waals surface area contributed by atoms with E-state index in [1.807, 2.05) is 45.0 Å². The Morgan fingerprint density at radius 3 is 2.50 bits per heavy atom. The van der Waals surface area contributed by atoms with Crippen LogP contribution in [-0.4, -0.2) is 103 Å². The van der Waals surface area contributed by atoms with E-state index in [0.29, 0.717) is 43.6 Å². The van der Waals surface area contributed by atoms with Crippen molar-refractivity contribution in [3.63, 3.8) is 0 Å². The van der Waals surface area contributed by atoms with Gasteiger partial charge in [-0.1, -0.05) is 51.8 Å². The number of fused-ring (bicyclic) bond motifs is 5. The number of sulfonamides is 1. The maximum Gasteiger partial charge on any atom is 0.306 e. The molecule has 0 spiro atoms. The van der Waals surface area contributed by atoms with Crippen molar-refractivity contribution >= 4 is 44.5 Å². The van der Waals surface area contributed by atoms with Gasteiger partial charge in [0.15, 0.2) is 5.78 Å². The fourth-order valence-electron chi connectivity index (χ4n) is 9.71. The Bertz CT molecular complexity index is 2160. The van der Waals surface area contributed by atoms with E-state index in [1.165, 1.54) is 4.90 Å². The summed E-state index contributed by atoms with van der Waals surface area (Å²) >= 11 is 0. The Kier molecular flexibility index (Phi) is 11.4. The molecule has 2 bridgehead atoms. The Hall–Kier alpha value is -4.04. The van der Waals surface area contributed by atoms with Crippen LogP contribution in [0.2, 0.25) is 0 Å². The van der Waals surface area contributed by atoms with E-state index in [-0.39, 0.29) is 50.0 Å². The maximum atomic E-state index is 14.9. The number of allylic oxidation sites excluding steroid dienone is 1. The summed E-state index contributed by atoms with van der Waals surface area (Å²) in [6.07, 6.45) is 6.92. The molecule has 0 radical (unpaired) electrons. The first-order valence-electron chi connectivity index (χ1n) is 22.0. The highest BCUT2D eigenvalue weighted by Gasteiger charge is 2.62.